The van der Waals surface area contributed by atoms with Crippen LogP contribution in [0.25, 0.3) is 22.3 Å². The Balaban J connectivity index is 1.15. The first-order chi connectivity index (χ1) is 19.7. The molecule has 8 atom stereocenters. The number of aromatic amines is 2. The van der Waals surface area contributed by atoms with Crippen LogP contribution in [-0.4, -0.2) is 81.0 Å². The Hall–Kier alpha value is -3.29. The van der Waals surface area contributed by atoms with E-state index >= 15 is 4.39 Å². The average molecular weight is 612 g/mol. The highest BCUT2D eigenvalue weighted by atomic mass is 32.7. The number of aromatic nitrogens is 10. The first-order valence-electron chi connectivity index (χ1n) is 12.7. The fourth-order valence-electron chi connectivity index (χ4n) is 5.61. The van der Waals surface area contributed by atoms with Crippen LogP contribution < -0.4 is 16.9 Å². The van der Waals surface area contributed by atoms with Crippen LogP contribution in [0.2, 0.25) is 0 Å². The summed E-state index contributed by atoms with van der Waals surface area (Å²) in [5.74, 6) is -0.820. The van der Waals surface area contributed by atoms with Crippen molar-refractivity contribution in [2.75, 3.05) is 12.3 Å². The summed E-state index contributed by atoms with van der Waals surface area (Å²) in [4.78, 5) is 37.2. The molecule has 3 aliphatic heterocycles. The molecule has 7 rings (SSSR count). The van der Waals surface area contributed by atoms with Crippen LogP contribution >= 0.6 is 19.0 Å². The number of H-pyrrole nitrogens is 2. The number of nitrogen functional groups attached to an aromatic ring is 1. The highest BCUT2D eigenvalue weighted by Crippen LogP contribution is 2.57. The number of thiol groups is 1. The maximum atomic E-state index is 15.9. The van der Waals surface area contributed by atoms with Gasteiger partial charge in [-0.05, 0) is 12.8 Å². The lowest BCUT2D eigenvalue weighted by Gasteiger charge is -2.24. The molecule has 218 valence electrons. The lowest BCUT2D eigenvalue weighted by Crippen LogP contribution is -2.27. The molecule has 3 saturated heterocycles. The number of rotatable bonds is 2. The van der Waals surface area contributed by atoms with Crippen LogP contribution in [0.5, 0.6) is 0 Å². The van der Waals surface area contributed by atoms with E-state index in [0.29, 0.717) is 19.3 Å². The number of ether oxygens (including phenoxy) is 2. The Morgan fingerprint density at radius 1 is 1.05 bits per heavy atom. The van der Waals surface area contributed by atoms with Gasteiger partial charge in [-0.25, -0.2) is 13.9 Å². The summed E-state index contributed by atoms with van der Waals surface area (Å²) in [7, 11) is 0. The number of nitrogens with one attached hydrogen (secondary N) is 2. The van der Waals surface area contributed by atoms with Gasteiger partial charge in [0.1, 0.15) is 6.10 Å². The number of anilines is 1. The molecule has 41 heavy (non-hydrogen) atoms. The SMILES string of the molecule is Nc1nc2c(nnn2[C@@H]2O[C@@H]3CCC[C@H]4[C@H](F)[C@H](n5nnc6c(=O)[nH]cnc65)O[C@@H]4COP(=O)(S)O[C@@H]2C3)c(=O)[nH]1. The summed E-state index contributed by atoms with van der Waals surface area (Å²) in [6.45, 7) is -4.35. The van der Waals surface area contributed by atoms with Gasteiger partial charge in [-0.15, -0.1) is 10.2 Å². The number of halogens is 1. The van der Waals surface area contributed by atoms with Gasteiger partial charge in [0.2, 0.25) is 5.95 Å². The first-order valence-corrected chi connectivity index (χ1v) is 15.4. The molecule has 4 N–H and O–H groups in total. The van der Waals surface area contributed by atoms with E-state index in [-0.39, 0.29) is 41.3 Å². The minimum Gasteiger partial charge on any atom is -0.369 e. The summed E-state index contributed by atoms with van der Waals surface area (Å²) in [5, 5.41) is 15.6. The maximum Gasteiger partial charge on any atom is 0.386 e. The van der Waals surface area contributed by atoms with Gasteiger partial charge < -0.3 is 20.2 Å². The zero-order valence-corrected chi connectivity index (χ0v) is 22.7. The second kappa shape index (κ2) is 9.92. The second-order valence-corrected chi connectivity index (χ2v) is 12.9. The summed E-state index contributed by atoms with van der Waals surface area (Å²) >= 11 is 4.14. The van der Waals surface area contributed by atoms with E-state index in [0.717, 1.165) is 4.68 Å². The number of nitrogens with zero attached hydrogens (tertiary/aromatic N) is 8. The predicted molar refractivity (Wildman–Crippen MR) is 138 cm³/mol. The molecular weight excluding hydrogens is 588 g/mol. The van der Waals surface area contributed by atoms with Crippen LogP contribution in [0.15, 0.2) is 15.9 Å². The van der Waals surface area contributed by atoms with E-state index in [9.17, 15) is 14.2 Å². The third-order valence-electron chi connectivity index (χ3n) is 7.45. The van der Waals surface area contributed by atoms with Crippen molar-refractivity contribution in [3.8, 4) is 0 Å². The molecule has 0 aliphatic carbocycles. The van der Waals surface area contributed by atoms with Gasteiger partial charge in [0.25, 0.3) is 11.1 Å². The normalized spacial score (nSPS) is 34.4. The molecule has 3 fully saturated rings. The monoisotopic (exact) mass is 611 g/mol. The Bertz CT molecular complexity index is 1800. The van der Waals surface area contributed by atoms with Crippen LogP contribution in [-0.2, 0) is 23.1 Å². The van der Waals surface area contributed by atoms with Gasteiger partial charge in [0.15, 0.2) is 41.0 Å². The quantitative estimate of drug-likeness (QED) is 0.177. The van der Waals surface area contributed by atoms with Gasteiger partial charge >= 0.3 is 6.80 Å². The van der Waals surface area contributed by atoms with E-state index < -0.39 is 60.8 Å². The van der Waals surface area contributed by atoms with E-state index in [2.05, 4.69) is 52.8 Å². The topological polar surface area (TPSA) is 233 Å². The van der Waals surface area contributed by atoms with Crippen LogP contribution in [0, 0.1) is 5.92 Å². The Labute approximate surface area is 232 Å². The van der Waals surface area contributed by atoms with Crippen LogP contribution in [0.1, 0.15) is 38.1 Å². The molecule has 0 spiro atoms. The first kappa shape index (κ1) is 26.6. The standard InChI is InChI=1S/C20H23FN11O7PS/c21-11-8-3-1-2-7-4-9(18(37-7)32-15-13(28-30-32)17(34)26-20(22)25-15)39-40(35,41)36-5-10(8)38-19(11)31-14-12(27-29-31)16(33)24-6-23-14/h6-11,18-19H,1-5H2,(H,35,41)(H,23,24,33)(H3,22,25,26,34)/t7-,8-,9-,10-,11+,18-,19-,40?/m1/s1. The van der Waals surface area contributed by atoms with Crippen molar-refractivity contribution in [3.63, 3.8) is 0 Å². The summed E-state index contributed by atoms with van der Waals surface area (Å²) < 4.78 is 55.2. The van der Waals surface area contributed by atoms with Crippen molar-refractivity contribution in [1.82, 2.24) is 49.9 Å². The third kappa shape index (κ3) is 4.63. The molecule has 1 unspecified atom stereocenters. The molecule has 4 aromatic rings. The number of nitrogens with two attached hydrogens (primary N) is 1. The van der Waals surface area contributed by atoms with Crippen LogP contribution in [0.3, 0.4) is 0 Å². The Morgan fingerprint density at radius 2 is 1.80 bits per heavy atom. The molecule has 3 aliphatic rings. The number of hydrogen-bond acceptors (Lipinski definition) is 14. The van der Waals surface area contributed by atoms with Gasteiger partial charge in [-0.3, -0.25) is 23.6 Å². The summed E-state index contributed by atoms with van der Waals surface area (Å²) in [6.07, 6.45) is -3.00. The van der Waals surface area contributed by atoms with Crippen molar-refractivity contribution >= 4 is 47.3 Å². The molecular formula is C20H23FN11O7PS. The molecule has 18 nitrogen and oxygen atoms in total. The zero-order chi connectivity index (χ0) is 28.5. The molecule has 0 saturated carbocycles. The van der Waals surface area contributed by atoms with Gasteiger partial charge in [0.05, 0.1) is 25.1 Å². The van der Waals surface area contributed by atoms with E-state index in [1.165, 1.54) is 11.0 Å². The van der Waals surface area contributed by atoms with Crippen molar-refractivity contribution in [2.45, 2.75) is 62.6 Å². The lowest BCUT2D eigenvalue weighted by atomic mass is 9.92. The molecule has 7 heterocycles. The van der Waals surface area contributed by atoms with E-state index in [1.54, 1.807) is 0 Å². The molecule has 0 aromatic carbocycles. The fourth-order valence-corrected chi connectivity index (χ4v) is 7.10. The fraction of sp³-hybridized carbons (Fsp3) is 0.600. The molecule has 0 radical (unpaired) electrons. The minimum atomic E-state index is -4.05. The second-order valence-electron chi connectivity index (χ2n) is 9.99. The van der Waals surface area contributed by atoms with Crippen molar-refractivity contribution in [2.24, 2.45) is 5.92 Å². The van der Waals surface area contributed by atoms with Crippen molar-refractivity contribution < 1.29 is 27.5 Å². The Kier molecular flexibility index (Phi) is 6.43. The lowest BCUT2D eigenvalue weighted by molar-refractivity contribution is -0.0485. The summed E-state index contributed by atoms with van der Waals surface area (Å²) in [6, 6.07) is 0. The number of alkyl halides is 1. The average Bonchev–Trinajstić information content (AvgIpc) is 3.68. The van der Waals surface area contributed by atoms with Gasteiger partial charge in [0, 0.05) is 12.3 Å². The summed E-state index contributed by atoms with van der Waals surface area (Å²) in [5.41, 5.74) is 4.64. The van der Waals surface area contributed by atoms with E-state index in [4.69, 9.17) is 24.3 Å². The predicted octanol–water partition coefficient (Wildman–Crippen LogP) is 0.388. The largest absolute Gasteiger partial charge is 0.386 e. The number of hydrogen-bond donors (Lipinski definition) is 4. The zero-order valence-electron chi connectivity index (χ0n) is 20.9. The molecule has 4 aromatic heterocycles. The van der Waals surface area contributed by atoms with Crippen molar-refractivity contribution in [1.29, 1.82) is 0 Å². The van der Waals surface area contributed by atoms with Gasteiger partial charge in [-0.1, -0.05) is 29.1 Å². The number of fused-ring (bicyclic) bond motifs is 5. The maximum absolute atomic E-state index is 15.9. The van der Waals surface area contributed by atoms with Crippen LogP contribution in [0.4, 0.5) is 10.3 Å². The van der Waals surface area contributed by atoms with Gasteiger partial charge in [-0.2, -0.15) is 14.3 Å². The molecule has 21 heteroatoms. The minimum absolute atomic E-state index is 0.0518. The molecule has 0 amide bonds. The van der Waals surface area contributed by atoms with Crippen molar-refractivity contribution in [3.05, 3.63) is 27.0 Å². The third-order valence-corrected chi connectivity index (χ3v) is 9.10. The smallest absolute Gasteiger partial charge is 0.369 e. The van der Waals surface area contributed by atoms with E-state index in [1.807, 2.05) is 0 Å². The Morgan fingerprint density at radius 3 is 2.61 bits per heavy atom. The molecule has 2 bridgehead atoms. The highest BCUT2D eigenvalue weighted by molar-refractivity contribution is 8.44. The highest BCUT2D eigenvalue weighted by Gasteiger charge is 2.49.